The Kier molecular flexibility index (Phi) is 52.7. The fourth-order valence-electron chi connectivity index (χ4n) is 9.78. The van der Waals surface area contributed by atoms with E-state index in [9.17, 15) is 35.1 Å². The largest absolute Gasteiger partial charge is 0.454 e. The fraction of sp³-hybridized carbons (Fsp3) is 0.768. The number of allylic oxidation sites excluding steroid dienone is 13. The van der Waals surface area contributed by atoms with Crippen LogP contribution in [0.25, 0.3) is 0 Å². The second kappa shape index (κ2) is 56.3. The molecule has 1 fully saturated rings. The highest BCUT2D eigenvalue weighted by atomic mass is 16.7. The van der Waals surface area contributed by atoms with Crippen molar-refractivity contribution in [2.24, 2.45) is 0 Å². The molecular weight excluding hydrogens is 1000 g/mol. The van der Waals surface area contributed by atoms with E-state index in [0.29, 0.717) is 12.8 Å². The molecule has 0 aromatic heterocycles. The molecule has 1 aliphatic heterocycles. The van der Waals surface area contributed by atoms with Gasteiger partial charge in [-0.3, -0.25) is 9.59 Å². The molecule has 0 aromatic carbocycles. The van der Waals surface area contributed by atoms with Gasteiger partial charge in [0.05, 0.1) is 25.4 Å². The van der Waals surface area contributed by atoms with E-state index in [0.717, 1.165) is 103 Å². The van der Waals surface area contributed by atoms with E-state index in [1.165, 1.54) is 128 Å². The second-order valence-corrected chi connectivity index (χ2v) is 22.5. The molecule has 0 aromatic rings. The van der Waals surface area contributed by atoms with Gasteiger partial charge in [-0.15, -0.1) is 0 Å². The van der Waals surface area contributed by atoms with Crippen LogP contribution in [0.1, 0.15) is 278 Å². The van der Waals surface area contributed by atoms with Gasteiger partial charge in [-0.05, 0) is 103 Å². The van der Waals surface area contributed by atoms with E-state index in [4.69, 9.17) is 14.2 Å². The minimum absolute atomic E-state index is 0.0947. The minimum atomic E-state index is -1.63. The fourth-order valence-corrected chi connectivity index (χ4v) is 9.78. The highest BCUT2D eigenvalue weighted by Crippen LogP contribution is 2.26. The van der Waals surface area contributed by atoms with Crippen molar-refractivity contribution in [1.29, 1.82) is 0 Å². The Labute approximate surface area is 489 Å². The van der Waals surface area contributed by atoms with E-state index in [1.54, 1.807) is 6.08 Å². The maximum absolute atomic E-state index is 13.5. The number of unbranched alkanes of at least 4 members (excludes halogenated alkanes) is 29. The zero-order valence-electron chi connectivity index (χ0n) is 51.2. The van der Waals surface area contributed by atoms with Crippen LogP contribution in [0.4, 0.5) is 0 Å². The van der Waals surface area contributed by atoms with Crippen LogP contribution in [-0.4, -0.2) is 99.6 Å². The standard InChI is InChI=1S/C69H121NO10/c1-4-7-10-13-16-19-22-25-27-29-30-31-32-33-35-36-38-41-44-47-50-53-56-62(73)68(77)70-60(61(72)55-52-49-46-43-40-24-21-18-15-12-9-6-3)59-78-69-67(66(76)65(75)63(58-71)79-69)80-64(74)57-54-51-48-45-42-39-37-34-28-26-23-20-17-14-11-8-5-2/h16-17,19-20,25-28,30-31,37,39,52,55,60-63,65-67,69,71-73,75-76H,4-15,18,21-24,29,32-36,38,40-51,53-54,56-59H2,1-3H3,(H,70,77)/b19-16-,20-17-,27-25-,28-26-,31-30-,39-37-,55-52+. The Morgan fingerprint density at radius 3 is 1.31 bits per heavy atom. The molecule has 0 radical (unpaired) electrons. The summed E-state index contributed by atoms with van der Waals surface area (Å²) in [5, 5.41) is 57.1. The molecule has 0 bridgehead atoms. The number of carbonyl (C=O) groups is 2. The number of aliphatic hydroxyl groups is 5. The molecule has 80 heavy (non-hydrogen) atoms. The molecule has 1 amide bonds. The lowest BCUT2D eigenvalue weighted by molar-refractivity contribution is -0.305. The van der Waals surface area contributed by atoms with Crippen molar-refractivity contribution in [2.75, 3.05) is 13.2 Å². The average molecular weight is 1120 g/mol. The van der Waals surface area contributed by atoms with Crippen LogP contribution in [0.3, 0.4) is 0 Å². The molecule has 6 N–H and O–H groups in total. The van der Waals surface area contributed by atoms with Crippen LogP contribution in [-0.2, 0) is 23.8 Å². The number of nitrogens with one attached hydrogen (secondary N) is 1. The first-order valence-electron chi connectivity index (χ1n) is 32.9. The van der Waals surface area contributed by atoms with Crippen LogP contribution < -0.4 is 5.32 Å². The lowest BCUT2D eigenvalue weighted by Crippen LogP contribution is -2.61. The summed E-state index contributed by atoms with van der Waals surface area (Å²) in [5.74, 6) is -1.22. The number of ether oxygens (including phenoxy) is 3. The number of hydrogen-bond donors (Lipinski definition) is 6. The summed E-state index contributed by atoms with van der Waals surface area (Å²) in [7, 11) is 0. The minimum Gasteiger partial charge on any atom is -0.454 e. The summed E-state index contributed by atoms with van der Waals surface area (Å²) >= 11 is 0. The van der Waals surface area contributed by atoms with Crippen LogP contribution in [0.2, 0.25) is 0 Å². The summed E-state index contributed by atoms with van der Waals surface area (Å²) in [6, 6.07) is -1.04. The number of hydrogen-bond acceptors (Lipinski definition) is 10. The lowest BCUT2D eigenvalue weighted by Gasteiger charge is -2.41. The smallest absolute Gasteiger partial charge is 0.306 e. The van der Waals surface area contributed by atoms with Crippen molar-refractivity contribution in [3.8, 4) is 0 Å². The highest BCUT2D eigenvalue weighted by molar-refractivity contribution is 5.80. The molecule has 0 spiro atoms. The maximum Gasteiger partial charge on any atom is 0.306 e. The molecule has 1 heterocycles. The molecule has 0 aliphatic carbocycles. The quantitative estimate of drug-likeness (QED) is 0.0195. The Bertz CT molecular complexity index is 1620. The van der Waals surface area contributed by atoms with Gasteiger partial charge >= 0.3 is 5.97 Å². The molecule has 8 atom stereocenters. The summed E-state index contributed by atoms with van der Waals surface area (Å²) in [4.78, 5) is 26.6. The predicted molar refractivity (Wildman–Crippen MR) is 333 cm³/mol. The van der Waals surface area contributed by atoms with Gasteiger partial charge in [-0.25, -0.2) is 0 Å². The van der Waals surface area contributed by atoms with Crippen LogP contribution >= 0.6 is 0 Å². The van der Waals surface area contributed by atoms with Crippen molar-refractivity contribution < 1.29 is 49.3 Å². The third kappa shape index (κ3) is 43.5. The second-order valence-electron chi connectivity index (χ2n) is 22.5. The van der Waals surface area contributed by atoms with Crippen molar-refractivity contribution >= 4 is 11.9 Å². The number of carbonyl (C=O) groups excluding carboxylic acids is 2. The first-order chi connectivity index (χ1) is 39.2. The molecular formula is C69H121NO10. The maximum atomic E-state index is 13.5. The topological polar surface area (TPSA) is 175 Å². The summed E-state index contributed by atoms with van der Waals surface area (Å²) in [5.41, 5.74) is 0. The Hall–Kier alpha value is -3.16. The molecule has 462 valence electrons. The van der Waals surface area contributed by atoms with E-state index in [1.807, 2.05) is 6.08 Å². The normalized spacial score (nSPS) is 19.3. The number of aliphatic hydroxyl groups excluding tert-OH is 5. The predicted octanol–water partition coefficient (Wildman–Crippen LogP) is 16.1. The molecule has 1 saturated heterocycles. The van der Waals surface area contributed by atoms with Crippen LogP contribution in [0.15, 0.2) is 85.1 Å². The first kappa shape index (κ1) is 74.9. The monoisotopic (exact) mass is 1120 g/mol. The third-order valence-electron chi connectivity index (χ3n) is 15.0. The van der Waals surface area contributed by atoms with Gasteiger partial charge in [0.1, 0.15) is 24.4 Å². The number of esters is 1. The third-order valence-corrected chi connectivity index (χ3v) is 15.0. The Morgan fingerprint density at radius 1 is 0.487 bits per heavy atom. The summed E-state index contributed by atoms with van der Waals surface area (Å²) in [6.45, 7) is 5.73. The van der Waals surface area contributed by atoms with Gasteiger partial charge in [0.15, 0.2) is 12.4 Å². The molecule has 1 rings (SSSR count). The van der Waals surface area contributed by atoms with Crippen LogP contribution in [0.5, 0.6) is 0 Å². The molecule has 11 nitrogen and oxygen atoms in total. The zero-order chi connectivity index (χ0) is 58.2. The first-order valence-corrected chi connectivity index (χ1v) is 32.9. The lowest BCUT2D eigenvalue weighted by atomic mass is 9.99. The molecule has 11 heteroatoms. The van der Waals surface area contributed by atoms with Crippen molar-refractivity contribution in [3.63, 3.8) is 0 Å². The average Bonchev–Trinajstić information content (AvgIpc) is 3.48. The Balaban J connectivity index is 2.66. The van der Waals surface area contributed by atoms with Gasteiger partial charge in [-0.2, -0.15) is 0 Å². The van der Waals surface area contributed by atoms with E-state index in [2.05, 4.69) is 99.0 Å². The van der Waals surface area contributed by atoms with Crippen molar-refractivity contribution in [3.05, 3.63) is 85.1 Å². The number of amides is 1. The molecule has 1 aliphatic rings. The Morgan fingerprint density at radius 2 is 0.863 bits per heavy atom. The van der Waals surface area contributed by atoms with Crippen LogP contribution in [0, 0.1) is 0 Å². The van der Waals surface area contributed by atoms with Gasteiger partial charge in [0.25, 0.3) is 0 Å². The van der Waals surface area contributed by atoms with E-state index in [-0.39, 0.29) is 19.4 Å². The molecule has 8 unspecified atom stereocenters. The van der Waals surface area contributed by atoms with Crippen molar-refractivity contribution in [1.82, 2.24) is 5.32 Å². The molecule has 0 saturated carbocycles. The van der Waals surface area contributed by atoms with E-state index >= 15 is 0 Å². The van der Waals surface area contributed by atoms with Crippen molar-refractivity contribution in [2.45, 2.75) is 327 Å². The zero-order valence-corrected chi connectivity index (χ0v) is 51.2. The highest BCUT2D eigenvalue weighted by Gasteiger charge is 2.47. The summed E-state index contributed by atoms with van der Waals surface area (Å²) < 4.78 is 17.6. The van der Waals surface area contributed by atoms with Gasteiger partial charge in [0, 0.05) is 6.42 Å². The van der Waals surface area contributed by atoms with E-state index < -0.39 is 67.4 Å². The van der Waals surface area contributed by atoms with Gasteiger partial charge in [-0.1, -0.05) is 254 Å². The summed E-state index contributed by atoms with van der Waals surface area (Å²) in [6.07, 6.45) is 63.2. The van der Waals surface area contributed by atoms with Gasteiger partial charge < -0.3 is 45.1 Å². The SMILES string of the molecule is CCCCC/C=C\C/C=C\C/C=C\CCCCCCCCCCCC(O)C(=O)NC(COC1OC(CO)C(O)C(O)C1OC(=O)CCCCCC/C=C\C/C=C\C/C=C\CCCCC)C(O)/C=C/CCCCCCCCCCCC. The number of rotatable bonds is 55. The van der Waals surface area contributed by atoms with Gasteiger partial charge in [0.2, 0.25) is 5.91 Å².